The number of amides is 1. The van der Waals surface area contributed by atoms with E-state index >= 15 is 0 Å². The molecule has 1 atom stereocenters. The lowest BCUT2D eigenvalue weighted by molar-refractivity contribution is -0.125. The van der Waals surface area contributed by atoms with Crippen molar-refractivity contribution in [3.05, 3.63) is 89.5 Å². The quantitative estimate of drug-likeness (QED) is 0.490. The van der Waals surface area contributed by atoms with E-state index in [1.807, 2.05) is 13.0 Å². The molecule has 0 radical (unpaired) electrons. The van der Waals surface area contributed by atoms with Gasteiger partial charge in [-0.05, 0) is 49.9 Å². The molecular weight excluding hydrogens is 444 g/mol. The lowest BCUT2D eigenvalue weighted by Crippen LogP contribution is -2.26. The SMILES string of the molecule is CNS(=O)(=O)c1cccc(C(=O)O[C@@H](C(=O)Nc2cc(C)ccc2OC)c2ccccc2)c1. The highest BCUT2D eigenvalue weighted by atomic mass is 32.2. The highest BCUT2D eigenvalue weighted by Crippen LogP contribution is 2.28. The van der Waals surface area contributed by atoms with Crippen molar-refractivity contribution in [3.8, 4) is 5.75 Å². The fourth-order valence-electron chi connectivity index (χ4n) is 3.10. The van der Waals surface area contributed by atoms with Gasteiger partial charge in [0.1, 0.15) is 5.75 Å². The number of hydrogen-bond acceptors (Lipinski definition) is 6. The molecule has 0 spiro atoms. The van der Waals surface area contributed by atoms with Gasteiger partial charge >= 0.3 is 5.97 Å². The second-order valence-electron chi connectivity index (χ2n) is 7.12. The largest absolute Gasteiger partial charge is 0.495 e. The van der Waals surface area contributed by atoms with Crippen LogP contribution >= 0.6 is 0 Å². The summed E-state index contributed by atoms with van der Waals surface area (Å²) in [4.78, 5) is 26.0. The fraction of sp³-hybridized carbons (Fsp3) is 0.167. The molecule has 0 aliphatic rings. The summed E-state index contributed by atoms with van der Waals surface area (Å²) in [5.74, 6) is -0.974. The maximum Gasteiger partial charge on any atom is 0.339 e. The van der Waals surface area contributed by atoms with Crippen molar-refractivity contribution < 1.29 is 27.5 Å². The van der Waals surface area contributed by atoms with Gasteiger partial charge < -0.3 is 14.8 Å². The first kappa shape index (κ1) is 24.0. The van der Waals surface area contributed by atoms with Crippen LogP contribution in [-0.2, 0) is 19.6 Å². The normalized spacial score (nSPS) is 12.0. The molecule has 0 saturated carbocycles. The van der Waals surface area contributed by atoms with Crippen LogP contribution in [-0.4, -0.2) is 34.5 Å². The molecule has 0 bridgehead atoms. The number of aryl methyl sites for hydroxylation is 1. The summed E-state index contributed by atoms with van der Waals surface area (Å²) in [7, 11) is -0.994. The van der Waals surface area contributed by atoms with E-state index in [-0.39, 0.29) is 10.5 Å². The molecule has 3 aromatic rings. The zero-order valence-electron chi connectivity index (χ0n) is 18.4. The first-order chi connectivity index (χ1) is 15.7. The average Bonchev–Trinajstić information content (AvgIpc) is 2.83. The predicted molar refractivity (Wildman–Crippen MR) is 124 cm³/mol. The maximum atomic E-state index is 13.2. The minimum atomic E-state index is -3.75. The number of hydrogen-bond donors (Lipinski definition) is 2. The van der Waals surface area contributed by atoms with Crippen molar-refractivity contribution in [2.45, 2.75) is 17.9 Å². The van der Waals surface area contributed by atoms with Crippen molar-refractivity contribution >= 4 is 27.6 Å². The Morgan fingerprint density at radius 2 is 1.67 bits per heavy atom. The summed E-state index contributed by atoms with van der Waals surface area (Å²) in [6.07, 6.45) is -1.28. The van der Waals surface area contributed by atoms with Gasteiger partial charge in [0.15, 0.2) is 0 Å². The van der Waals surface area contributed by atoms with Gasteiger partial charge in [0.25, 0.3) is 5.91 Å². The van der Waals surface area contributed by atoms with Gasteiger partial charge in [-0.1, -0.05) is 42.5 Å². The first-order valence-electron chi connectivity index (χ1n) is 10.00. The third-order valence-corrected chi connectivity index (χ3v) is 6.24. The number of benzene rings is 3. The molecule has 3 rings (SSSR count). The minimum Gasteiger partial charge on any atom is -0.495 e. The van der Waals surface area contributed by atoms with Crippen molar-refractivity contribution in [1.29, 1.82) is 0 Å². The van der Waals surface area contributed by atoms with Crippen molar-refractivity contribution in [2.75, 3.05) is 19.5 Å². The highest BCUT2D eigenvalue weighted by Gasteiger charge is 2.27. The van der Waals surface area contributed by atoms with Crippen LogP contribution in [0.1, 0.15) is 27.6 Å². The van der Waals surface area contributed by atoms with Gasteiger partial charge in [0, 0.05) is 5.56 Å². The van der Waals surface area contributed by atoms with Crippen molar-refractivity contribution in [2.24, 2.45) is 0 Å². The lowest BCUT2D eigenvalue weighted by atomic mass is 10.1. The van der Waals surface area contributed by atoms with E-state index < -0.39 is 28.0 Å². The standard InChI is InChI=1S/C24H24N2O6S/c1-16-12-13-21(31-3)20(14-16)26-23(27)22(17-8-5-4-6-9-17)32-24(28)18-10-7-11-19(15-18)33(29,30)25-2/h4-15,22,25H,1-3H3,(H,26,27)/t22-/m1/s1. The fourth-order valence-corrected chi connectivity index (χ4v) is 3.88. The van der Waals surface area contributed by atoms with Crippen LogP contribution in [0.4, 0.5) is 5.69 Å². The van der Waals surface area contributed by atoms with E-state index in [0.717, 1.165) is 5.56 Å². The van der Waals surface area contributed by atoms with E-state index in [1.165, 1.54) is 38.4 Å². The monoisotopic (exact) mass is 468 g/mol. The molecule has 9 heteroatoms. The lowest BCUT2D eigenvalue weighted by Gasteiger charge is -2.19. The maximum absolute atomic E-state index is 13.2. The molecular formula is C24H24N2O6S. The Kier molecular flexibility index (Phi) is 7.47. The Morgan fingerprint density at radius 1 is 0.939 bits per heavy atom. The predicted octanol–water partition coefficient (Wildman–Crippen LogP) is 3.45. The van der Waals surface area contributed by atoms with Gasteiger partial charge in [0.2, 0.25) is 16.1 Å². The first-order valence-corrected chi connectivity index (χ1v) is 11.5. The van der Waals surface area contributed by atoms with Gasteiger partial charge in [-0.3, -0.25) is 4.79 Å². The summed E-state index contributed by atoms with van der Waals surface area (Å²) in [5, 5.41) is 2.76. The Hall–Kier alpha value is -3.69. The molecule has 3 aromatic carbocycles. The van der Waals surface area contributed by atoms with Crippen molar-refractivity contribution in [3.63, 3.8) is 0 Å². The van der Waals surface area contributed by atoms with E-state index in [9.17, 15) is 18.0 Å². The summed E-state index contributed by atoms with van der Waals surface area (Å²) < 4.78 is 37.2. The van der Waals surface area contributed by atoms with Gasteiger partial charge in [0.05, 0.1) is 23.3 Å². The molecule has 8 nitrogen and oxygen atoms in total. The molecule has 0 unspecified atom stereocenters. The van der Waals surface area contributed by atoms with Gasteiger partial charge in [-0.15, -0.1) is 0 Å². The summed E-state index contributed by atoms with van der Waals surface area (Å²) in [5.41, 5.74) is 1.78. The van der Waals surface area contributed by atoms with E-state index in [2.05, 4.69) is 10.0 Å². The molecule has 172 valence electrons. The Labute approximate surface area is 192 Å². The van der Waals surface area contributed by atoms with Crippen LogP contribution in [0.25, 0.3) is 0 Å². The molecule has 33 heavy (non-hydrogen) atoms. The van der Waals surface area contributed by atoms with Crippen molar-refractivity contribution in [1.82, 2.24) is 4.72 Å². The van der Waals surface area contributed by atoms with Gasteiger partial charge in [-0.2, -0.15) is 0 Å². The second-order valence-corrected chi connectivity index (χ2v) is 9.01. The van der Waals surface area contributed by atoms with Crippen LogP contribution in [0.15, 0.2) is 77.7 Å². The molecule has 0 aromatic heterocycles. The summed E-state index contributed by atoms with van der Waals surface area (Å²) in [6.45, 7) is 1.87. The third-order valence-electron chi connectivity index (χ3n) is 4.83. The van der Waals surface area contributed by atoms with E-state index in [4.69, 9.17) is 9.47 Å². The Morgan fingerprint density at radius 3 is 2.33 bits per heavy atom. The van der Waals surface area contributed by atoms with Gasteiger partial charge in [-0.25, -0.2) is 17.9 Å². The molecule has 0 aliphatic heterocycles. The molecule has 0 aliphatic carbocycles. The van der Waals surface area contributed by atoms with E-state index in [1.54, 1.807) is 42.5 Å². The smallest absolute Gasteiger partial charge is 0.339 e. The molecule has 0 heterocycles. The van der Waals surface area contributed by atoms with Crippen LogP contribution < -0.4 is 14.8 Å². The number of sulfonamides is 1. The van der Waals surface area contributed by atoms with Crippen LogP contribution in [0.2, 0.25) is 0 Å². The summed E-state index contributed by atoms with van der Waals surface area (Å²) >= 11 is 0. The molecule has 1 amide bonds. The van der Waals surface area contributed by atoms with Crippen LogP contribution in [0, 0.1) is 6.92 Å². The second kappa shape index (κ2) is 10.3. The number of carbonyl (C=O) groups is 2. The highest BCUT2D eigenvalue weighted by molar-refractivity contribution is 7.89. The number of methoxy groups -OCH3 is 1. The third kappa shape index (κ3) is 5.76. The summed E-state index contributed by atoms with van der Waals surface area (Å²) in [6, 6.07) is 19.2. The Balaban J connectivity index is 1.91. The number of carbonyl (C=O) groups excluding carboxylic acids is 2. The van der Waals surface area contributed by atoms with Crippen LogP contribution in [0.5, 0.6) is 5.75 Å². The number of rotatable bonds is 8. The van der Waals surface area contributed by atoms with E-state index in [0.29, 0.717) is 17.0 Å². The molecule has 2 N–H and O–H groups in total. The zero-order chi connectivity index (χ0) is 24.0. The topological polar surface area (TPSA) is 111 Å². The molecule has 0 fully saturated rings. The minimum absolute atomic E-state index is 0.00630. The average molecular weight is 469 g/mol. The molecule has 0 saturated heterocycles. The number of ether oxygens (including phenoxy) is 2. The number of anilines is 1. The zero-order valence-corrected chi connectivity index (χ0v) is 19.2. The number of esters is 1. The Bertz CT molecular complexity index is 1260. The number of nitrogens with one attached hydrogen (secondary N) is 2. The van der Waals surface area contributed by atoms with Crippen LogP contribution in [0.3, 0.4) is 0 Å².